The van der Waals surface area contributed by atoms with E-state index in [1.807, 2.05) is 20.8 Å². The molecule has 0 aliphatic rings. The predicted octanol–water partition coefficient (Wildman–Crippen LogP) is 1.23. The molecule has 0 bridgehead atoms. The second-order valence-corrected chi connectivity index (χ2v) is 5.67. The average molecular weight is 194 g/mol. The quantitative estimate of drug-likeness (QED) is 0.661. The number of rotatable bonds is 5. The van der Waals surface area contributed by atoms with Crippen molar-refractivity contribution in [1.29, 1.82) is 0 Å². The van der Waals surface area contributed by atoms with Crippen molar-refractivity contribution in [2.24, 2.45) is 0 Å². The lowest BCUT2D eigenvalue weighted by molar-refractivity contribution is 0.0176. The van der Waals surface area contributed by atoms with Crippen LogP contribution in [0.2, 0.25) is 0 Å². The largest absolute Gasteiger partial charge is 0.376 e. The van der Waals surface area contributed by atoms with Gasteiger partial charge in [-0.15, -0.1) is 0 Å². The summed E-state index contributed by atoms with van der Waals surface area (Å²) in [7, 11) is -2.83. The fourth-order valence-corrected chi connectivity index (χ4v) is 1.67. The highest BCUT2D eigenvalue weighted by molar-refractivity contribution is 7.90. The van der Waals surface area contributed by atoms with Crippen molar-refractivity contribution in [3.8, 4) is 0 Å². The van der Waals surface area contributed by atoms with Crippen molar-refractivity contribution in [1.82, 2.24) is 0 Å². The summed E-state index contributed by atoms with van der Waals surface area (Å²) >= 11 is 0. The van der Waals surface area contributed by atoms with Gasteiger partial charge in [0.05, 0.1) is 18.0 Å². The van der Waals surface area contributed by atoms with Gasteiger partial charge in [-0.25, -0.2) is 8.42 Å². The zero-order chi connectivity index (χ0) is 9.78. The van der Waals surface area contributed by atoms with Crippen LogP contribution in [0.1, 0.15) is 27.2 Å². The van der Waals surface area contributed by atoms with Gasteiger partial charge in [0.25, 0.3) is 0 Å². The minimum atomic E-state index is -2.83. The number of hydrogen-bond acceptors (Lipinski definition) is 3. The Morgan fingerprint density at radius 1 is 1.25 bits per heavy atom. The van der Waals surface area contributed by atoms with Crippen molar-refractivity contribution in [3.05, 3.63) is 0 Å². The molecule has 0 heterocycles. The van der Waals surface area contributed by atoms with Crippen LogP contribution < -0.4 is 0 Å². The van der Waals surface area contributed by atoms with Crippen LogP contribution in [0.4, 0.5) is 0 Å². The molecular formula is C8H18O3S. The monoisotopic (exact) mass is 194 g/mol. The van der Waals surface area contributed by atoms with Gasteiger partial charge in [-0.3, -0.25) is 0 Å². The van der Waals surface area contributed by atoms with Crippen LogP contribution in [0.15, 0.2) is 0 Å². The summed E-state index contributed by atoms with van der Waals surface area (Å²) in [6.45, 7) is 5.78. The van der Waals surface area contributed by atoms with Crippen LogP contribution in [0.5, 0.6) is 0 Å². The van der Waals surface area contributed by atoms with E-state index in [9.17, 15) is 8.42 Å². The van der Waals surface area contributed by atoms with Crippen molar-refractivity contribution >= 4 is 9.84 Å². The molecule has 0 aromatic heterocycles. The zero-order valence-corrected chi connectivity index (χ0v) is 9.02. The third-order valence-corrected chi connectivity index (χ3v) is 2.38. The van der Waals surface area contributed by atoms with Crippen LogP contribution >= 0.6 is 0 Å². The molecular weight excluding hydrogens is 176 g/mol. The third-order valence-electron chi connectivity index (χ3n) is 1.40. The lowest BCUT2D eigenvalue weighted by Gasteiger charge is -2.14. The fraction of sp³-hybridized carbons (Fsp3) is 1.00. The zero-order valence-electron chi connectivity index (χ0n) is 8.20. The highest BCUT2D eigenvalue weighted by atomic mass is 32.2. The van der Waals surface area contributed by atoms with Gasteiger partial charge in [-0.05, 0) is 27.2 Å². The van der Waals surface area contributed by atoms with E-state index in [-0.39, 0.29) is 18.0 Å². The molecule has 0 saturated heterocycles. The number of hydrogen-bond donors (Lipinski definition) is 0. The standard InChI is InChI=1S/C8H18O3S/c1-7(2)11-8(3)5-6-12(4,9)10/h7-8H,5-6H2,1-4H3. The molecule has 3 nitrogen and oxygen atoms in total. The lowest BCUT2D eigenvalue weighted by atomic mass is 10.3. The molecule has 0 aromatic rings. The number of sulfone groups is 1. The Morgan fingerprint density at radius 3 is 2.08 bits per heavy atom. The van der Waals surface area contributed by atoms with E-state index in [1.165, 1.54) is 6.26 Å². The maximum Gasteiger partial charge on any atom is 0.147 e. The van der Waals surface area contributed by atoms with E-state index >= 15 is 0 Å². The van der Waals surface area contributed by atoms with Gasteiger partial charge < -0.3 is 4.74 Å². The second-order valence-electron chi connectivity index (χ2n) is 3.41. The Hall–Kier alpha value is -0.0900. The molecule has 0 rings (SSSR count). The van der Waals surface area contributed by atoms with Crippen molar-refractivity contribution in [2.75, 3.05) is 12.0 Å². The molecule has 0 fully saturated rings. The van der Waals surface area contributed by atoms with Gasteiger partial charge in [0.2, 0.25) is 0 Å². The smallest absolute Gasteiger partial charge is 0.147 e. The second kappa shape index (κ2) is 4.82. The Morgan fingerprint density at radius 2 is 1.75 bits per heavy atom. The SMILES string of the molecule is CC(C)OC(C)CCS(C)(=O)=O. The fourth-order valence-electron chi connectivity index (χ4n) is 0.913. The van der Waals surface area contributed by atoms with E-state index < -0.39 is 9.84 Å². The molecule has 0 spiro atoms. The molecule has 0 N–H and O–H groups in total. The molecule has 74 valence electrons. The third kappa shape index (κ3) is 8.01. The van der Waals surface area contributed by atoms with Crippen LogP contribution in [0, 0.1) is 0 Å². The van der Waals surface area contributed by atoms with Gasteiger partial charge in [0, 0.05) is 6.26 Å². The summed E-state index contributed by atoms with van der Waals surface area (Å²) in [6.07, 6.45) is 2.02. The topological polar surface area (TPSA) is 43.4 Å². The molecule has 0 aliphatic heterocycles. The molecule has 1 unspecified atom stereocenters. The summed E-state index contributed by atoms with van der Waals surface area (Å²) < 4.78 is 26.9. The van der Waals surface area contributed by atoms with Gasteiger partial charge in [-0.1, -0.05) is 0 Å². The first-order valence-electron chi connectivity index (χ1n) is 4.14. The predicted molar refractivity (Wildman–Crippen MR) is 50.0 cm³/mol. The minimum Gasteiger partial charge on any atom is -0.376 e. The summed E-state index contributed by atoms with van der Waals surface area (Å²) in [4.78, 5) is 0. The average Bonchev–Trinajstić information content (AvgIpc) is 1.80. The van der Waals surface area contributed by atoms with E-state index in [4.69, 9.17) is 4.74 Å². The molecule has 4 heteroatoms. The Kier molecular flexibility index (Phi) is 4.78. The van der Waals surface area contributed by atoms with E-state index in [0.29, 0.717) is 6.42 Å². The highest BCUT2D eigenvalue weighted by Crippen LogP contribution is 2.03. The lowest BCUT2D eigenvalue weighted by Crippen LogP contribution is -2.18. The van der Waals surface area contributed by atoms with Crippen molar-refractivity contribution in [3.63, 3.8) is 0 Å². The van der Waals surface area contributed by atoms with Crippen LogP contribution in [0.3, 0.4) is 0 Å². The molecule has 0 aromatic carbocycles. The number of ether oxygens (including phenoxy) is 1. The molecule has 1 atom stereocenters. The minimum absolute atomic E-state index is 0.0275. The van der Waals surface area contributed by atoms with Crippen LogP contribution in [-0.2, 0) is 14.6 Å². The Balaban J connectivity index is 3.65. The first-order chi connectivity index (χ1) is 5.31. The molecule has 0 saturated carbocycles. The first kappa shape index (κ1) is 11.9. The van der Waals surface area contributed by atoms with Gasteiger partial charge in [-0.2, -0.15) is 0 Å². The Bertz CT molecular complexity index is 206. The first-order valence-corrected chi connectivity index (χ1v) is 6.20. The van der Waals surface area contributed by atoms with Crippen LogP contribution in [0.25, 0.3) is 0 Å². The molecule has 0 amide bonds. The molecule has 0 aliphatic carbocycles. The summed E-state index contributed by atoms with van der Waals surface area (Å²) in [6, 6.07) is 0. The Labute approximate surface area is 75.0 Å². The van der Waals surface area contributed by atoms with E-state index in [2.05, 4.69) is 0 Å². The normalized spacial score (nSPS) is 15.1. The molecule has 12 heavy (non-hydrogen) atoms. The maximum atomic E-state index is 10.8. The van der Waals surface area contributed by atoms with Gasteiger partial charge >= 0.3 is 0 Å². The molecule has 0 radical (unpaired) electrons. The van der Waals surface area contributed by atoms with Crippen molar-refractivity contribution in [2.45, 2.75) is 39.4 Å². The summed E-state index contributed by atoms with van der Waals surface area (Å²) in [5.41, 5.74) is 0. The van der Waals surface area contributed by atoms with E-state index in [0.717, 1.165) is 0 Å². The van der Waals surface area contributed by atoms with E-state index in [1.54, 1.807) is 0 Å². The summed E-state index contributed by atoms with van der Waals surface area (Å²) in [5.74, 6) is 0.209. The van der Waals surface area contributed by atoms with Gasteiger partial charge in [0.1, 0.15) is 9.84 Å². The van der Waals surface area contributed by atoms with Crippen molar-refractivity contribution < 1.29 is 13.2 Å². The highest BCUT2D eigenvalue weighted by Gasteiger charge is 2.08. The summed E-state index contributed by atoms with van der Waals surface area (Å²) in [5, 5.41) is 0. The van der Waals surface area contributed by atoms with Gasteiger partial charge in [0.15, 0.2) is 0 Å². The van der Waals surface area contributed by atoms with Crippen LogP contribution in [-0.4, -0.2) is 32.6 Å². The maximum absolute atomic E-state index is 10.8.